The summed E-state index contributed by atoms with van der Waals surface area (Å²) in [5.41, 5.74) is 1.58. The number of anilines is 2. The Kier molecular flexibility index (Phi) is 5.10. The topological polar surface area (TPSA) is 58.6 Å². The van der Waals surface area contributed by atoms with Crippen molar-refractivity contribution in [1.29, 1.82) is 0 Å². The van der Waals surface area contributed by atoms with Gasteiger partial charge in [-0.15, -0.1) is 5.10 Å². The molecule has 144 valence electrons. The molecule has 3 aromatic rings. The number of carbonyl (C=O) groups is 1. The molecule has 6 nitrogen and oxygen atoms in total. The van der Waals surface area contributed by atoms with Crippen molar-refractivity contribution in [3.63, 3.8) is 0 Å². The number of hydrogen-bond donors (Lipinski definition) is 0. The van der Waals surface area contributed by atoms with Crippen molar-refractivity contribution in [1.82, 2.24) is 10.2 Å². The first-order valence-corrected chi connectivity index (χ1v) is 9.55. The first-order valence-electron chi connectivity index (χ1n) is 9.55. The highest BCUT2D eigenvalue weighted by molar-refractivity contribution is 5.92. The van der Waals surface area contributed by atoms with Crippen LogP contribution in [0, 0.1) is 0 Å². The molecule has 1 aromatic heterocycles. The third-order valence-corrected chi connectivity index (χ3v) is 5.16. The number of carbonyl (C=O) groups excluding carboxylic acids is 1. The molecule has 0 atom stereocenters. The average Bonchev–Trinajstić information content (AvgIpc) is 2.74. The van der Waals surface area contributed by atoms with Crippen LogP contribution >= 0.6 is 0 Å². The fourth-order valence-corrected chi connectivity index (χ4v) is 3.56. The molecule has 0 N–H and O–H groups in total. The van der Waals surface area contributed by atoms with Gasteiger partial charge in [-0.2, -0.15) is 5.10 Å². The number of benzene rings is 2. The summed E-state index contributed by atoms with van der Waals surface area (Å²) in [4.78, 5) is 16.7. The van der Waals surface area contributed by atoms with Crippen molar-refractivity contribution < 1.29 is 9.53 Å². The number of piperidine rings is 1. The molecule has 0 radical (unpaired) electrons. The second kappa shape index (κ2) is 7.84. The molecular weight excluding hydrogens is 352 g/mol. The van der Waals surface area contributed by atoms with Gasteiger partial charge < -0.3 is 14.5 Å². The highest BCUT2D eigenvalue weighted by Crippen LogP contribution is 2.27. The summed E-state index contributed by atoms with van der Waals surface area (Å²) in [6.07, 6.45) is 3.28. The molecule has 28 heavy (non-hydrogen) atoms. The fraction of sp³-hybridized carbons (Fsp3) is 0.318. The molecule has 6 heteroatoms. The van der Waals surface area contributed by atoms with E-state index in [1.54, 1.807) is 12.3 Å². The van der Waals surface area contributed by atoms with E-state index in [0.29, 0.717) is 5.56 Å². The van der Waals surface area contributed by atoms with Gasteiger partial charge in [0.05, 0.1) is 11.8 Å². The number of rotatable bonds is 4. The van der Waals surface area contributed by atoms with Gasteiger partial charge in [0.15, 0.2) is 5.82 Å². The summed E-state index contributed by atoms with van der Waals surface area (Å²) < 4.78 is 5.76. The lowest BCUT2D eigenvalue weighted by atomic mass is 10.1. The highest BCUT2D eigenvalue weighted by Gasteiger charge is 2.25. The zero-order valence-corrected chi connectivity index (χ0v) is 16.2. The smallest absolute Gasteiger partial charge is 0.338 e. The highest BCUT2D eigenvalue weighted by atomic mass is 16.5. The molecule has 1 aliphatic rings. The minimum atomic E-state index is -0.257. The van der Waals surface area contributed by atoms with E-state index in [9.17, 15) is 4.79 Å². The lowest BCUT2D eigenvalue weighted by Gasteiger charge is -2.32. The van der Waals surface area contributed by atoms with Crippen LogP contribution in [0.1, 0.15) is 23.2 Å². The Morgan fingerprint density at radius 3 is 2.68 bits per heavy atom. The van der Waals surface area contributed by atoms with E-state index < -0.39 is 0 Å². The van der Waals surface area contributed by atoms with Gasteiger partial charge in [0, 0.05) is 56.5 Å². The maximum Gasteiger partial charge on any atom is 0.338 e. The Hall–Kier alpha value is -3.15. The minimum Gasteiger partial charge on any atom is -0.459 e. The normalized spacial score (nSPS) is 14.9. The van der Waals surface area contributed by atoms with E-state index >= 15 is 0 Å². The standard InChI is InChI=1S/C22H24N4O2/c1-25(2)18-8-5-7-16(14-18)22(27)28-19-10-12-26(13-11-19)21-20-9-4-3-6-17(20)15-23-24-21/h3-9,14-15,19H,10-13H2,1-2H3. The molecule has 0 bridgehead atoms. The van der Waals surface area contributed by atoms with Crippen molar-refractivity contribution >= 4 is 28.2 Å². The largest absolute Gasteiger partial charge is 0.459 e. The van der Waals surface area contributed by atoms with Crippen molar-refractivity contribution in [3.05, 3.63) is 60.3 Å². The van der Waals surface area contributed by atoms with Crippen LogP contribution in [-0.4, -0.2) is 49.5 Å². The molecule has 1 saturated heterocycles. The van der Waals surface area contributed by atoms with E-state index in [-0.39, 0.29) is 12.1 Å². The monoisotopic (exact) mass is 376 g/mol. The SMILES string of the molecule is CN(C)c1cccc(C(=O)OC2CCN(c3nncc4ccccc34)CC2)c1. The van der Waals surface area contributed by atoms with Gasteiger partial charge in [-0.1, -0.05) is 30.3 Å². The Morgan fingerprint density at radius 2 is 1.89 bits per heavy atom. The molecule has 1 aliphatic heterocycles. The Bertz CT molecular complexity index is 976. The Balaban J connectivity index is 1.40. The molecule has 0 unspecified atom stereocenters. The molecule has 0 saturated carbocycles. The first-order chi connectivity index (χ1) is 13.6. The molecule has 0 amide bonds. The predicted molar refractivity (Wildman–Crippen MR) is 111 cm³/mol. The third-order valence-electron chi connectivity index (χ3n) is 5.16. The van der Waals surface area contributed by atoms with Crippen LogP contribution in [0.2, 0.25) is 0 Å². The number of esters is 1. The van der Waals surface area contributed by atoms with Gasteiger partial charge in [-0.05, 0) is 18.2 Å². The summed E-state index contributed by atoms with van der Waals surface area (Å²) in [5.74, 6) is 0.647. The lowest BCUT2D eigenvalue weighted by Crippen LogP contribution is -2.38. The van der Waals surface area contributed by atoms with Gasteiger partial charge in [-0.3, -0.25) is 0 Å². The van der Waals surface area contributed by atoms with Crippen LogP contribution in [-0.2, 0) is 4.74 Å². The number of hydrogen-bond acceptors (Lipinski definition) is 6. The van der Waals surface area contributed by atoms with E-state index in [1.165, 1.54) is 0 Å². The zero-order valence-electron chi connectivity index (χ0n) is 16.2. The molecule has 0 spiro atoms. The summed E-state index contributed by atoms with van der Waals surface area (Å²) in [5, 5.41) is 10.7. The maximum absolute atomic E-state index is 12.5. The van der Waals surface area contributed by atoms with E-state index in [1.807, 2.05) is 55.4 Å². The van der Waals surface area contributed by atoms with Gasteiger partial charge in [-0.25, -0.2) is 4.79 Å². The summed E-state index contributed by atoms with van der Waals surface area (Å²) in [6.45, 7) is 1.58. The van der Waals surface area contributed by atoms with E-state index in [4.69, 9.17) is 4.74 Å². The first kappa shape index (κ1) is 18.2. The second-order valence-electron chi connectivity index (χ2n) is 7.29. The third kappa shape index (κ3) is 3.76. The van der Waals surface area contributed by atoms with E-state index in [0.717, 1.165) is 48.2 Å². The van der Waals surface area contributed by atoms with Crippen LogP contribution in [0.25, 0.3) is 10.8 Å². The van der Waals surface area contributed by atoms with Crippen LogP contribution in [0.3, 0.4) is 0 Å². The average molecular weight is 376 g/mol. The summed E-state index contributed by atoms with van der Waals surface area (Å²) >= 11 is 0. The zero-order chi connectivity index (χ0) is 19.5. The van der Waals surface area contributed by atoms with Gasteiger partial charge >= 0.3 is 5.97 Å². The molecular formula is C22H24N4O2. The quantitative estimate of drug-likeness (QED) is 0.650. The molecule has 4 rings (SSSR count). The van der Waals surface area contributed by atoms with E-state index in [2.05, 4.69) is 21.2 Å². The van der Waals surface area contributed by atoms with Crippen LogP contribution in [0.5, 0.6) is 0 Å². The predicted octanol–water partition coefficient (Wildman–Crippen LogP) is 3.52. The number of fused-ring (bicyclic) bond motifs is 1. The Labute approximate surface area is 164 Å². The molecule has 1 fully saturated rings. The van der Waals surface area contributed by atoms with Crippen LogP contribution < -0.4 is 9.80 Å². The minimum absolute atomic E-state index is 0.0744. The van der Waals surface area contributed by atoms with Gasteiger partial charge in [0.2, 0.25) is 0 Å². The van der Waals surface area contributed by atoms with Crippen molar-refractivity contribution in [2.24, 2.45) is 0 Å². The molecule has 2 heterocycles. The van der Waals surface area contributed by atoms with Crippen molar-refractivity contribution in [2.75, 3.05) is 37.0 Å². The molecule has 0 aliphatic carbocycles. The number of ether oxygens (including phenoxy) is 1. The second-order valence-corrected chi connectivity index (χ2v) is 7.29. The lowest BCUT2D eigenvalue weighted by molar-refractivity contribution is 0.0245. The van der Waals surface area contributed by atoms with Crippen LogP contribution in [0.15, 0.2) is 54.7 Å². The van der Waals surface area contributed by atoms with Crippen LogP contribution in [0.4, 0.5) is 11.5 Å². The number of aromatic nitrogens is 2. The van der Waals surface area contributed by atoms with Crippen molar-refractivity contribution in [2.45, 2.75) is 18.9 Å². The molecule has 2 aromatic carbocycles. The summed E-state index contributed by atoms with van der Waals surface area (Å²) in [7, 11) is 3.91. The Morgan fingerprint density at radius 1 is 1.11 bits per heavy atom. The summed E-state index contributed by atoms with van der Waals surface area (Å²) in [6, 6.07) is 15.7. The van der Waals surface area contributed by atoms with Crippen molar-refractivity contribution in [3.8, 4) is 0 Å². The van der Waals surface area contributed by atoms with Gasteiger partial charge in [0.25, 0.3) is 0 Å². The number of nitrogens with zero attached hydrogens (tertiary/aromatic N) is 4. The van der Waals surface area contributed by atoms with Gasteiger partial charge in [0.1, 0.15) is 6.10 Å². The fourth-order valence-electron chi connectivity index (χ4n) is 3.56. The maximum atomic E-state index is 12.5.